The SMILES string of the molecule is C[N+]1(CCc2ccncc2)CCCC(OC(=O)C2(O)c3ccccc3-c3ccccc32)C1. The lowest BCUT2D eigenvalue weighted by Gasteiger charge is -2.41. The Balaban J connectivity index is 1.34. The number of pyridine rings is 1. The van der Waals surface area contributed by atoms with E-state index in [0.717, 1.165) is 54.5 Å². The first-order valence-corrected chi connectivity index (χ1v) is 11.3. The van der Waals surface area contributed by atoms with Gasteiger partial charge >= 0.3 is 5.97 Å². The maximum atomic E-state index is 13.5. The average molecular weight is 430 g/mol. The minimum absolute atomic E-state index is 0.206. The zero-order chi connectivity index (χ0) is 22.2. The second kappa shape index (κ2) is 8.15. The molecule has 1 aliphatic heterocycles. The predicted molar refractivity (Wildman–Crippen MR) is 123 cm³/mol. The van der Waals surface area contributed by atoms with Crippen LogP contribution in [-0.2, 0) is 21.6 Å². The van der Waals surface area contributed by atoms with Gasteiger partial charge in [-0.25, -0.2) is 4.79 Å². The minimum Gasteiger partial charge on any atom is -0.454 e. The molecular weight excluding hydrogens is 400 g/mol. The van der Waals surface area contributed by atoms with Gasteiger partial charge in [-0.05, 0) is 35.2 Å². The Hall–Kier alpha value is -3.02. The maximum Gasteiger partial charge on any atom is 0.348 e. The molecule has 1 N–H and O–H groups in total. The number of hydrogen-bond donors (Lipinski definition) is 1. The Kier molecular flexibility index (Phi) is 5.31. The molecule has 164 valence electrons. The highest BCUT2D eigenvalue weighted by Crippen LogP contribution is 2.48. The molecule has 5 nitrogen and oxygen atoms in total. The number of likely N-dealkylation sites (tertiary alicyclic amines) is 1. The molecule has 2 unspecified atom stereocenters. The largest absolute Gasteiger partial charge is 0.454 e. The molecule has 5 heteroatoms. The van der Waals surface area contributed by atoms with Crippen LogP contribution in [0.5, 0.6) is 0 Å². The van der Waals surface area contributed by atoms with E-state index in [9.17, 15) is 9.90 Å². The molecule has 1 aliphatic carbocycles. The predicted octanol–water partition coefficient (Wildman–Crippen LogP) is 3.69. The van der Waals surface area contributed by atoms with Gasteiger partial charge in [0.25, 0.3) is 0 Å². The van der Waals surface area contributed by atoms with Crippen molar-refractivity contribution in [3.05, 3.63) is 89.7 Å². The van der Waals surface area contributed by atoms with Crippen molar-refractivity contribution in [3.8, 4) is 11.1 Å². The molecule has 3 aromatic rings. The van der Waals surface area contributed by atoms with Crippen LogP contribution in [0.1, 0.15) is 29.5 Å². The Morgan fingerprint density at radius 2 is 1.69 bits per heavy atom. The summed E-state index contributed by atoms with van der Waals surface area (Å²) < 4.78 is 6.88. The number of aliphatic hydroxyl groups is 1. The Labute approximate surface area is 188 Å². The van der Waals surface area contributed by atoms with E-state index in [1.54, 1.807) is 0 Å². The van der Waals surface area contributed by atoms with Gasteiger partial charge in [-0.2, -0.15) is 0 Å². The summed E-state index contributed by atoms with van der Waals surface area (Å²) in [5.74, 6) is -0.567. The van der Waals surface area contributed by atoms with Gasteiger partial charge in [0.05, 0.1) is 20.1 Å². The van der Waals surface area contributed by atoms with Gasteiger partial charge in [0.15, 0.2) is 6.10 Å². The lowest BCUT2D eigenvalue weighted by Crippen LogP contribution is -2.55. The number of nitrogens with zero attached hydrogens (tertiary/aromatic N) is 2. The van der Waals surface area contributed by atoms with Crippen molar-refractivity contribution in [1.29, 1.82) is 0 Å². The van der Waals surface area contributed by atoms with E-state index in [-0.39, 0.29) is 6.10 Å². The normalized spacial score (nSPS) is 23.2. The highest BCUT2D eigenvalue weighted by molar-refractivity contribution is 5.96. The van der Waals surface area contributed by atoms with E-state index in [4.69, 9.17) is 4.74 Å². The van der Waals surface area contributed by atoms with Crippen molar-refractivity contribution < 1.29 is 19.1 Å². The summed E-state index contributed by atoms with van der Waals surface area (Å²) in [5, 5.41) is 11.7. The van der Waals surface area contributed by atoms with Crippen LogP contribution in [0.4, 0.5) is 0 Å². The number of quaternary nitrogens is 1. The highest BCUT2D eigenvalue weighted by Gasteiger charge is 2.50. The van der Waals surface area contributed by atoms with Crippen LogP contribution in [0, 0.1) is 0 Å². The Bertz CT molecular complexity index is 1090. The Morgan fingerprint density at radius 1 is 1.06 bits per heavy atom. The monoisotopic (exact) mass is 429 g/mol. The van der Waals surface area contributed by atoms with Crippen molar-refractivity contribution in [1.82, 2.24) is 4.98 Å². The minimum atomic E-state index is -1.76. The number of ether oxygens (including phenoxy) is 1. The van der Waals surface area contributed by atoms with E-state index in [1.165, 1.54) is 5.56 Å². The molecule has 0 bridgehead atoms. The van der Waals surface area contributed by atoms with Crippen LogP contribution in [0.25, 0.3) is 11.1 Å². The summed E-state index contributed by atoms with van der Waals surface area (Å²) in [6.45, 7) is 2.80. The number of piperidine rings is 1. The number of aromatic nitrogens is 1. The molecule has 0 radical (unpaired) electrons. The van der Waals surface area contributed by atoms with E-state index in [1.807, 2.05) is 60.9 Å². The van der Waals surface area contributed by atoms with Gasteiger partial charge in [0.2, 0.25) is 5.60 Å². The lowest BCUT2D eigenvalue weighted by atomic mass is 9.91. The number of carbonyl (C=O) groups excluding carboxylic acids is 1. The summed E-state index contributed by atoms with van der Waals surface area (Å²) in [6.07, 6.45) is 6.24. The number of rotatable bonds is 5. The highest BCUT2D eigenvalue weighted by atomic mass is 16.6. The third kappa shape index (κ3) is 3.61. The summed E-state index contributed by atoms with van der Waals surface area (Å²) in [7, 11) is 2.23. The maximum absolute atomic E-state index is 13.5. The Morgan fingerprint density at radius 3 is 2.34 bits per heavy atom. The van der Waals surface area contributed by atoms with E-state index < -0.39 is 11.6 Å². The second-order valence-corrected chi connectivity index (χ2v) is 9.33. The summed E-state index contributed by atoms with van der Waals surface area (Å²) in [5.41, 5.74) is 2.51. The van der Waals surface area contributed by atoms with Crippen molar-refractivity contribution in [3.63, 3.8) is 0 Å². The molecule has 0 spiro atoms. The molecule has 2 heterocycles. The van der Waals surface area contributed by atoms with Crippen molar-refractivity contribution in [2.45, 2.75) is 31.0 Å². The van der Waals surface area contributed by atoms with E-state index in [2.05, 4.69) is 24.2 Å². The van der Waals surface area contributed by atoms with Crippen LogP contribution >= 0.6 is 0 Å². The summed E-state index contributed by atoms with van der Waals surface area (Å²) >= 11 is 0. The molecule has 1 fully saturated rings. The van der Waals surface area contributed by atoms with Gasteiger partial charge in [-0.15, -0.1) is 0 Å². The number of esters is 1. The number of carbonyl (C=O) groups is 1. The fourth-order valence-electron chi connectivity index (χ4n) is 5.29. The van der Waals surface area contributed by atoms with Gasteiger partial charge in [-0.3, -0.25) is 4.98 Å². The van der Waals surface area contributed by atoms with Gasteiger partial charge in [0.1, 0.15) is 6.54 Å². The third-order valence-corrected chi connectivity index (χ3v) is 7.05. The van der Waals surface area contributed by atoms with Crippen LogP contribution in [0.15, 0.2) is 73.1 Å². The molecular formula is C27H29N2O3+. The molecule has 1 saturated heterocycles. The molecule has 2 aliphatic rings. The molecule has 2 aromatic carbocycles. The zero-order valence-electron chi connectivity index (χ0n) is 18.4. The first kappa shape index (κ1) is 20.9. The molecule has 1 aromatic heterocycles. The first-order valence-electron chi connectivity index (χ1n) is 11.3. The average Bonchev–Trinajstić information content (AvgIpc) is 3.09. The molecule has 5 rings (SSSR count). The third-order valence-electron chi connectivity index (χ3n) is 7.05. The first-order chi connectivity index (χ1) is 15.5. The number of hydrogen-bond acceptors (Lipinski definition) is 4. The van der Waals surface area contributed by atoms with Crippen molar-refractivity contribution in [2.75, 3.05) is 26.7 Å². The summed E-state index contributed by atoms with van der Waals surface area (Å²) in [4.78, 5) is 17.6. The van der Waals surface area contributed by atoms with Crippen molar-refractivity contribution >= 4 is 5.97 Å². The standard InChI is InChI=1S/C27H29N2O3/c1-29(18-14-20-12-15-28-16-13-20)17-6-7-21(19-29)32-26(30)27(31)24-10-4-2-8-22(24)23-9-3-5-11-25(23)27/h2-5,8-13,15-16,21,31H,6-7,14,17-19H2,1H3/q+1. The molecule has 0 saturated carbocycles. The smallest absolute Gasteiger partial charge is 0.348 e. The topological polar surface area (TPSA) is 59.4 Å². The van der Waals surface area contributed by atoms with Crippen LogP contribution in [0.2, 0.25) is 0 Å². The van der Waals surface area contributed by atoms with Gasteiger partial charge in [-0.1, -0.05) is 48.5 Å². The fourth-order valence-corrected chi connectivity index (χ4v) is 5.29. The van der Waals surface area contributed by atoms with Crippen LogP contribution < -0.4 is 0 Å². The molecule has 2 atom stereocenters. The van der Waals surface area contributed by atoms with Crippen LogP contribution in [0.3, 0.4) is 0 Å². The quantitative estimate of drug-likeness (QED) is 0.496. The second-order valence-electron chi connectivity index (χ2n) is 9.33. The number of fused-ring (bicyclic) bond motifs is 3. The summed E-state index contributed by atoms with van der Waals surface area (Å²) in [6, 6.07) is 19.2. The number of benzene rings is 2. The van der Waals surface area contributed by atoms with Crippen molar-refractivity contribution in [2.24, 2.45) is 0 Å². The molecule has 32 heavy (non-hydrogen) atoms. The van der Waals surface area contributed by atoms with E-state index >= 15 is 0 Å². The lowest BCUT2D eigenvalue weighted by molar-refractivity contribution is -0.916. The zero-order valence-corrected chi connectivity index (χ0v) is 18.4. The van der Waals surface area contributed by atoms with Gasteiger partial charge < -0.3 is 14.3 Å². The fraction of sp³-hybridized carbons (Fsp3) is 0.333. The molecule has 0 amide bonds. The van der Waals surface area contributed by atoms with Crippen LogP contribution in [-0.4, -0.2) is 53.3 Å². The number of likely N-dealkylation sites (N-methyl/N-ethyl adjacent to an activating group) is 1. The van der Waals surface area contributed by atoms with Gasteiger partial charge in [0, 0.05) is 36.4 Å². The van der Waals surface area contributed by atoms with E-state index in [0.29, 0.717) is 11.1 Å².